The molecule has 0 aliphatic carbocycles. The number of rotatable bonds is 4. The standard InChI is InChI=1S/C11H14N6O/c1-2-17-10(9(12)7-15-17)11(18)13-6-8-4-3-5-14-16-8/h3-5,7H,2,6,12H2,1H3,(H,13,18). The number of hydrogen-bond donors (Lipinski definition) is 2. The van der Waals surface area contributed by atoms with E-state index in [4.69, 9.17) is 5.73 Å². The maximum absolute atomic E-state index is 12.0. The number of nitrogens with zero attached hydrogens (tertiary/aromatic N) is 4. The molecule has 0 saturated carbocycles. The molecule has 3 N–H and O–H groups in total. The Morgan fingerprint density at radius 1 is 1.56 bits per heavy atom. The quantitative estimate of drug-likeness (QED) is 0.803. The largest absolute Gasteiger partial charge is 0.396 e. The van der Waals surface area contributed by atoms with Crippen LogP contribution < -0.4 is 11.1 Å². The van der Waals surface area contributed by atoms with Gasteiger partial charge in [0.25, 0.3) is 5.91 Å². The van der Waals surface area contributed by atoms with Crippen LogP contribution in [0.25, 0.3) is 0 Å². The third-order valence-corrected chi connectivity index (χ3v) is 2.44. The summed E-state index contributed by atoms with van der Waals surface area (Å²) in [6, 6.07) is 3.55. The van der Waals surface area contributed by atoms with Crippen LogP contribution in [0.3, 0.4) is 0 Å². The summed E-state index contributed by atoms with van der Waals surface area (Å²) in [5, 5.41) is 14.4. The van der Waals surface area contributed by atoms with E-state index in [1.807, 2.05) is 6.92 Å². The van der Waals surface area contributed by atoms with Gasteiger partial charge in [0.15, 0.2) is 0 Å². The third kappa shape index (κ3) is 2.45. The Kier molecular flexibility index (Phi) is 3.52. The van der Waals surface area contributed by atoms with E-state index in [0.717, 1.165) is 0 Å². The fourth-order valence-corrected chi connectivity index (χ4v) is 1.57. The fraction of sp³-hybridized carbons (Fsp3) is 0.273. The summed E-state index contributed by atoms with van der Waals surface area (Å²) in [6.45, 7) is 2.79. The molecule has 94 valence electrons. The van der Waals surface area contributed by atoms with Crippen molar-refractivity contribution in [1.29, 1.82) is 0 Å². The number of carbonyl (C=O) groups is 1. The summed E-state index contributed by atoms with van der Waals surface area (Å²) in [7, 11) is 0. The van der Waals surface area contributed by atoms with Gasteiger partial charge in [0.05, 0.1) is 24.1 Å². The lowest BCUT2D eigenvalue weighted by Crippen LogP contribution is -2.27. The van der Waals surface area contributed by atoms with Gasteiger partial charge in [-0.05, 0) is 19.1 Å². The molecule has 7 nitrogen and oxygen atoms in total. The van der Waals surface area contributed by atoms with E-state index < -0.39 is 0 Å². The SMILES string of the molecule is CCn1ncc(N)c1C(=O)NCc1cccnn1. The fourth-order valence-electron chi connectivity index (χ4n) is 1.57. The predicted molar refractivity (Wildman–Crippen MR) is 65.5 cm³/mol. The molecule has 0 aromatic carbocycles. The number of nitrogens with two attached hydrogens (primary N) is 1. The highest BCUT2D eigenvalue weighted by atomic mass is 16.2. The minimum Gasteiger partial charge on any atom is -0.396 e. The Morgan fingerprint density at radius 3 is 3.06 bits per heavy atom. The number of aromatic nitrogens is 4. The zero-order chi connectivity index (χ0) is 13.0. The van der Waals surface area contributed by atoms with Crippen LogP contribution in [0.15, 0.2) is 24.5 Å². The number of nitrogen functional groups attached to an aromatic ring is 1. The molecule has 0 spiro atoms. The van der Waals surface area contributed by atoms with Crippen LogP contribution in [0.4, 0.5) is 5.69 Å². The highest BCUT2D eigenvalue weighted by Gasteiger charge is 2.15. The van der Waals surface area contributed by atoms with Gasteiger partial charge >= 0.3 is 0 Å². The van der Waals surface area contributed by atoms with Crippen molar-refractivity contribution in [1.82, 2.24) is 25.3 Å². The predicted octanol–water partition coefficient (Wildman–Crippen LogP) is 0.205. The molecule has 0 radical (unpaired) electrons. The lowest BCUT2D eigenvalue weighted by atomic mass is 10.3. The van der Waals surface area contributed by atoms with Gasteiger partial charge in [0, 0.05) is 12.7 Å². The number of nitrogens with one attached hydrogen (secondary N) is 1. The Hall–Kier alpha value is -2.44. The van der Waals surface area contributed by atoms with Crippen molar-refractivity contribution in [2.75, 3.05) is 5.73 Å². The van der Waals surface area contributed by atoms with E-state index in [1.54, 1.807) is 23.0 Å². The van der Waals surface area contributed by atoms with Crippen molar-refractivity contribution in [3.05, 3.63) is 35.9 Å². The number of amides is 1. The van der Waals surface area contributed by atoms with Crippen molar-refractivity contribution in [2.24, 2.45) is 0 Å². The molecule has 0 atom stereocenters. The first-order chi connectivity index (χ1) is 8.72. The van der Waals surface area contributed by atoms with Gasteiger partial charge < -0.3 is 11.1 Å². The summed E-state index contributed by atoms with van der Waals surface area (Å²) in [5.74, 6) is -0.266. The maximum atomic E-state index is 12.0. The summed E-state index contributed by atoms with van der Waals surface area (Å²) < 4.78 is 1.56. The lowest BCUT2D eigenvalue weighted by molar-refractivity contribution is 0.0940. The molecule has 7 heteroatoms. The molecule has 0 aliphatic heterocycles. The van der Waals surface area contributed by atoms with E-state index in [2.05, 4.69) is 20.6 Å². The Bertz CT molecular complexity index is 536. The normalized spacial score (nSPS) is 10.3. The average Bonchev–Trinajstić information content (AvgIpc) is 2.78. The van der Waals surface area contributed by atoms with Crippen molar-refractivity contribution in [2.45, 2.75) is 20.0 Å². The van der Waals surface area contributed by atoms with Crippen molar-refractivity contribution < 1.29 is 4.79 Å². The lowest BCUT2D eigenvalue weighted by Gasteiger charge is -2.06. The molecule has 0 aliphatic rings. The van der Waals surface area contributed by atoms with Crippen LogP contribution in [0.1, 0.15) is 23.1 Å². The van der Waals surface area contributed by atoms with E-state index in [-0.39, 0.29) is 5.91 Å². The van der Waals surface area contributed by atoms with Crippen LogP contribution in [-0.2, 0) is 13.1 Å². The van der Waals surface area contributed by atoms with Gasteiger partial charge in [0.2, 0.25) is 0 Å². The molecule has 2 aromatic rings. The number of anilines is 1. The highest BCUT2D eigenvalue weighted by Crippen LogP contribution is 2.10. The third-order valence-electron chi connectivity index (χ3n) is 2.44. The van der Waals surface area contributed by atoms with Crippen LogP contribution in [0, 0.1) is 0 Å². The van der Waals surface area contributed by atoms with Crippen LogP contribution >= 0.6 is 0 Å². The summed E-state index contributed by atoms with van der Waals surface area (Å²) in [4.78, 5) is 12.0. The van der Waals surface area contributed by atoms with E-state index >= 15 is 0 Å². The molecular weight excluding hydrogens is 232 g/mol. The van der Waals surface area contributed by atoms with Gasteiger partial charge in [-0.15, -0.1) is 0 Å². The molecular formula is C11H14N6O. The Labute approximate surface area is 104 Å². The van der Waals surface area contributed by atoms with Crippen molar-refractivity contribution in [3.8, 4) is 0 Å². The first-order valence-corrected chi connectivity index (χ1v) is 5.58. The smallest absolute Gasteiger partial charge is 0.272 e. The maximum Gasteiger partial charge on any atom is 0.272 e. The first kappa shape index (κ1) is 12.0. The number of hydrogen-bond acceptors (Lipinski definition) is 5. The molecule has 2 rings (SSSR count). The molecule has 0 saturated heterocycles. The topological polar surface area (TPSA) is 98.7 Å². The summed E-state index contributed by atoms with van der Waals surface area (Å²) >= 11 is 0. The van der Waals surface area contributed by atoms with Crippen LogP contribution in [0.2, 0.25) is 0 Å². The second-order valence-corrected chi connectivity index (χ2v) is 3.66. The minimum absolute atomic E-state index is 0.266. The van der Waals surface area contributed by atoms with Crippen LogP contribution in [0.5, 0.6) is 0 Å². The van der Waals surface area contributed by atoms with Gasteiger partial charge in [-0.3, -0.25) is 9.48 Å². The highest BCUT2D eigenvalue weighted by molar-refractivity contribution is 5.97. The van der Waals surface area contributed by atoms with Crippen LogP contribution in [-0.4, -0.2) is 25.9 Å². The molecule has 2 heterocycles. The van der Waals surface area contributed by atoms with Gasteiger partial charge in [-0.2, -0.15) is 15.3 Å². The zero-order valence-electron chi connectivity index (χ0n) is 10.00. The summed E-state index contributed by atoms with van der Waals surface area (Å²) in [5.41, 5.74) is 7.15. The van der Waals surface area contributed by atoms with Crippen molar-refractivity contribution in [3.63, 3.8) is 0 Å². The molecule has 0 bridgehead atoms. The first-order valence-electron chi connectivity index (χ1n) is 5.58. The molecule has 18 heavy (non-hydrogen) atoms. The second kappa shape index (κ2) is 5.26. The summed E-state index contributed by atoms with van der Waals surface area (Å²) in [6.07, 6.45) is 3.05. The minimum atomic E-state index is -0.266. The molecule has 0 fully saturated rings. The van der Waals surface area contributed by atoms with E-state index in [0.29, 0.717) is 30.2 Å². The average molecular weight is 246 g/mol. The molecule has 1 amide bonds. The number of aryl methyl sites for hydroxylation is 1. The monoisotopic (exact) mass is 246 g/mol. The van der Waals surface area contributed by atoms with E-state index in [9.17, 15) is 4.79 Å². The van der Waals surface area contributed by atoms with Gasteiger partial charge in [0.1, 0.15) is 5.69 Å². The van der Waals surface area contributed by atoms with Crippen molar-refractivity contribution >= 4 is 11.6 Å². The van der Waals surface area contributed by atoms with E-state index in [1.165, 1.54) is 6.20 Å². The van der Waals surface area contributed by atoms with Gasteiger partial charge in [-0.25, -0.2) is 0 Å². The van der Waals surface area contributed by atoms with Gasteiger partial charge in [-0.1, -0.05) is 0 Å². The molecule has 2 aromatic heterocycles. The molecule has 0 unspecified atom stereocenters. The zero-order valence-corrected chi connectivity index (χ0v) is 10.00. The Balaban J connectivity index is 2.06. The Morgan fingerprint density at radius 2 is 2.39 bits per heavy atom. The second-order valence-electron chi connectivity index (χ2n) is 3.66. The number of carbonyl (C=O) groups excluding carboxylic acids is 1.